The lowest BCUT2D eigenvalue weighted by atomic mass is 10.1. The molecule has 0 saturated carbocycles. The first-order valence-electron chi connectivity index (χ1n) is 7.54. The van der Waals surface area contributed by atoms with Gasteiger partial charge >= 0.3 is 0 Å². The maximum absolute atomic E-state index is 12.9. The summed E-state index contributed by atoms with van der Waals surface area (Å²) in [4.78, 5) is 14.8. The molecule has 118 valence electrons. The molecule has 1 aromatic carbocycles. The van der Waals surface area contributed by atoms with Crippen LogP contribution in [0.3, 0.4) is 0 Å². The molecule has 6 nitrogen and oxygen atoms in total. The van der Waals surface area contributed by atoms with Gasteiger partial charge in [-0.05, 0) is 38.9 Å². The van der Waals surface area contributed by atoms with Gasteiger partial charge in [0.15, 0.2) is 0 Å². The Hall–Kier alpha value is -2.21. The minimum absolute atomic E-state index is 0.0208. The largest absolute Gasteiger partial charge is 0.335 e. The number of rotatable bonds is 4. The predicted octanol–water partition coefficient (Wildman–Crippen LogP) is 1.87. The van der Waals surface area contributed by atoms with Crippen LogP contribution < -0.4 is 10.7 Å². The van der Waals surface area contributed by atoms with Crippen molar-refractivity contribution in [1.82, 2.24) is 10.2 Å². The van der Waals surface area contributed by atoms with Crippen molar-refractivity contribution < 1.29 is 4.79 Å². The molecule has 1 aliphatic rings. The standard InChI is InChI=1S/C16H23N5O/c1-12-3-4-15(20-19-8-6-17)14(11-12)16(22)21-10-9-18-7-5-13(21)2/h3-4,6,8,11,13,17-18,20H,5,7,9-10H2,1-2H3/b17-6?,19-8-. The molecule has 1 unspecified atom stereocenters. The molecule has 0 bridgehead atoms. The van der Waals surface area contributed by atoms with E-state index in [1.807, 2.05) is 30.0 Å². The molecule has 1 fully saturated rings. The third-order valence-corrected chi connectivity index (χ3v) is 3.80. The van der Waals surface area contributed by atoms with E-state index in [2.05, 4.69) is 22.8 Å². The maximum Gasteiger partial charge on any atom is 0.256 e. The highest BCUT2D eigenvalue weighted by Crippen LogP contribution is 2.21. The molecule has 0 aromatic heterocycles. The number of nitrogens with zero attached hydrogens (tertiary/aromatic N) is 2. The van der Waals surface area contributed by atoms with Crippen LogP contribution in [0.25, 0.3) is 0 Å². The summed E-state index contributed by atoms with van der Waals surface area (Å²) in [5, 5.41) is 14.2. The molecule has 3 N–H and O–H groups in total. The van der Waals surface area contributed by atoms with Crippen molar-refractivity contribution in [3.8, 4) is 0 Å². The van der Waals surface area contributed by atoms with E-state index >= 15 is 0 Å². The number of benzene rings is 1. The van der Waals surface area contributed by atoms with Gasteiger partial charge in [0.05, 0.1) is 17.5 Å². The van der Waals surface area contributed by atoms with E-state index in [4.69, 9.17) is 5.41 Å². The third kappa shape index (κ3) is 3.92. The number of hydrogen-bond acceptors (Lipinski definition) is 5. The molecule has 0 aliphatic carbocycles. The van der Waals surface area contributed by atoms with Crippen LogP contribution in [0.4, 0.5) is 5.69 Å². The Morgan fingerprint density at radius 3 is 3.09 bits per heavy atom. The molecule has 2 rings (SSSR count). The fourth-order valence-electron chi connectivity index (χ4n) is 2.54. The van der Waals surface area contributed by atoms with Gasteiger partial charge in [-0.15, -0.1) is 0 Å². The summed E-state index contributed by atoms with van der Waals surface area (Å²) in [6.45, 7) is 6.51. The van der Waals surface area contributed by atoms with Crippen molar-refractivity contribution >= 4 is 24.0 Å². The molecule has 1 amide bonds. The second-order valence-electron chi connectivity index (χ2n) is 5.49. The van der Waals surface area contributed by atoms with Gasteiger partial charge in [-0.1, -0.05) is 11.6 Å². The molecule has 6 heteroatoms. The third-order valence-electron chi connectivity index (χ3n) is 3.80. The number of carbonyl (C=O) groups is 1. The lowest BCUT2D eigenvalue weighted by Crippen LogP contribution is -2.39. The van der Waals surface area contributed by atoms with Crippen LogP contribution in [0.2, 0.25) is 0 Å². The van der Waals surface area contributed by atoms with Crippen LogP contribution in [0.5, 0.6) is 0 Å². The summed E-state index contributed by atoms with van der Waals surface area (Å²) in [7, 11) is 0. The van der Waals surface area contributed by atoms with E-state index in [0.29, 0.717) is 17.8 Å². The minimum atomic E-state index is 0.0208. The van der Waals surface area contributed by atoms with Crippen molar-refractivity contribution in [1.29, 1.82) is 5.41 Å². The van der Waals surface area contributed by atoms with Crippen molar-refractivity contribution in [2.75, 3.05) is 25.1 Å². The predicted molar refractivity (Wildman–Crippen MR) is 90.1 cm³/mol. The van der Waals surface area contributed by atoms with Gasteiger partial charge in [-0.25, -0.2) is 0 Å². The molecule has 1 aromatic rings. The first kappa shape index (κ1) is 16.2. The Bertz CT molecular complexity index is 570. The van der Waals surface area contributed by atoms with Gasteiger partial charge < -0.3 is 15.6 Å². The minimum Gasteiger partial charge on any atom is -0.335 e. The van der Waals surface area contributed by atoms with Crippen molar-refractivity contribution in [3.63, 3.8) is 0 Å². The van der Waals surface area contributed by atoms with Crippen LogP contribution >= 0.6 is 0 Å². The number of hydrazone groups is 1. The lowest BCUT2D eigenvalue weighted by molar-refractivity contribution is 0.0705. The topological polar surface area (TPSA) is 80.6 Å². The Morgan fingerprint density at radius 2 is 2.32 bits per heavy atom. The van der Waals surface area contributed by atoms with Gasteiger partial charge in [0.2, 0.25) is 0 Å². The van der Waals surface area contributed by atoms with E-state index in [-0.39, 0.29) is 11.9 Å². The fraction of sp³-hybridized carbons (Fsp3) is 0.438. The average Bonchev–Trinajstić information content (AvgIpc) is 2.73. The van der Waals surface area contributed by atoms with Crippen LogP contribution in [-0.4, -0.2) is 48.9 Å². The summed E-state index contributed by atoms with van der Waals surface area (Å²) in [6, 6.07) is 5.88. The molecule has 1 heterocycles. The van der Waals surface area contributed by atoms with Crippen LogP contribution in [0.1, 0.15) is 29.3 Å². The summed E-state index contributed by atoms with van der Waals surface area (Å²) < 4.78 is 0. The van der Waals surface area contributed by atoms with E-state index < -0.39 is 0 Å². The summed E-state index contributed by atoms with van der Waals surface area (Å²) in [5.41, 5.74) is 5.17. The molecule has 22 heavy (non-hydrogen) atoms. The van der Waals surface area contributed by atoms with Gasteiger partial charge in [-0.2, -0.15) is 5.10 Å². The zero-order chi connectivity index (χ0) is 15.9. The van der Waals surface area contributed by atoms with Crippen LogP contribution in [0.15, 0.2) is 23.3 Å². The monoisotopic (exact) mass is 301 g/mol. The Balaban J connectivity index is 2.28. The van der Waals surface area contributed by atoms with E-state index in [1.54, 1.807) is 0 Å². The van der Waals surface area contributed by atoms with Gasteiger partial charge in [0, 0.05) is 25.3 Å². The molecular weight excluding hydrogens is 278 g/mol. The van der Waals surface area contributed by atoms with Gasteiger partial charge in [0.25, 0.3) is 5.91 Å². The van der Waals surface area contributed by atoms with Crippen LogP contribution in [-0.2, 0) is 0 Å². The Kier molecular flexibility index (Phi) is 5.66. The second kappa shape index (κ2) is 7.70. The average molecular weight is 301 g/mol. The highest BCUT2D eigenvalue weighted by atomic mass is 16.2. The number of anilines is 1. The highest BCUT2D eigenvalue weighted by Gasteiger charge is 2.24. The molecule has 0 spiro atoms. The molecule has 1 aliphatic heterocycles. The number of amides is 1. The number of nitrogens with one attached hydrogen (secondary N) is 3. The SMILES string of the molecule is Cc1ccc(N/N=C\C=N)c(C(=O)N2CCNCCC2C)c1. The quantitative estimate of drug-likeness (QED) is 0.586. The molecule has 1 saturated heterocycles. The summed E-state index contributed by atoms with van der Waals surface area (Å²) in [6.07, 6.45) is 3.38. The second-order valence-corrected chi connectivity index (χ2v) is 5.49. The highest BCUT2D eigenvalue weighted by molar-refractivity contribution is 6.14. The Labute approximate surface area is 131 Å². The summed E-state index contributed by atoms with van der Waals surface area (Å²) in [5.74, 6) is 0.0208. The van der Waals surface area contributed by atoms with Gasteiger partial charge in [0.1, 0.15) is 0 Å². The summed E-state index contributed by atoms with van der Waals surface area (Å²) >= 11 is 0. The molecule has 1 atom stereocenters. The van der Waals surface area contributed by atoms with E-state index in [0.717, 1.165) is 31.3 Å². The number of hydrogen-bond donors (Lipinski definition) is 3. The van der Waals surface area contributed by atoms with Crippen molar-refractivity contribution in [3.05, 3.63) is 29.3 Å². The number of aryl methyl sites for hydroxylation is 1. The molecular formula is C16H23N5O. The van der Waals surface area contributed by atoms with Crippen molar-refractivity contribution in [2.45, 2.75) is 26.3 Å². The normalized spacial score (nSPS) is 19.0. The van der Waals surface area contributed by atoms with E-state index in [1.165, 1.54) is 6.21 Å². The van der Waals surface area contributed by atoms with Crippen molar-refractivity contribution in [2.24, 2.45) is 5.10 Å². The smallest absolute Gasteiger partial charge is 0.256 e. The molecule has 0 radical (unpaired) electrons. The van der Waals surface area contributed by atoms with E-state index in [9.17, 15) is 4.79 Å². The fourth-order valence-corrected chi connectivity index (χ4v) is 2.54. The first-order valence-corrected chi connectivity index (χ1v) is 7.54. The lowest BCUT2D eigenvalue weighted by Gasteiger charge is -2.27. The Morgan fingerprint density at radius 1 is 1.50 bits per heavy atom. The van der Waals surface area contributed by atoms with Gasteiger partial charge in [-0.3, -0.25) is 10.2 Å². The maximum atomic E-state index is 12.9. The zero-order valence-corrected chi connectivity index (χ0v) is 13.1. The van der Waals surface area contributed by atoms with Crippen LogP contribution in [0, 0.1) is 12.3 Å². The first-order chi connectivity index (χ1) is 10.6. The zero-order valence-electron chi connectivity index (χ0n) is 13.1. The number of carbonyl (C=O) groups excluding carboxylic acids is 1.